The van der Waals surface area contributed by atoms with E-state index in [1.54, 1.807) is 6.92 Å². The molecule has 0 radical (unpaired) electrons. The van der Waals surface area contributed by atoms with Crippen LogP contribution in [-0.2, 0) is 4.79 Å². The number of halogens is 4. The quantitative estimate of drug-likeness (QED) is 0.802. The molecule has 0 aliphatic carbocycles. The Balaban J connectivity index is 1.93. The van der Waals surface area contributed by atoms with Crippen LogP contribution in [0.4, 0.5) is 28.9 Å². The van der Waals surface area contributed by atoms with Crippen molar-refractivity contribution in [2.45, 2.75) is 19.3 Å². The molecule has 0 spiro atoms. The van der Waals surface area contributed by atoms with Gasteiger partial charge in [0.05, 0.1) is 0 Å². The minimum atomic E-state index is -4.76. The van der Waals surface area contributed by atoms with Crippen molar-refractivity contribution in [1.82, 2.24) is 0 Å². The molecule has 0 saturated heterocycles. The van der Waals surface area contributed by atoms with Crippen LogP contribution in [0.3, 0.4) is 0 Å². The zero-order valence-electron chi connectivity index (χ0n) is 12.5. The van der Waals surface area contributed by atoms with Gasteiger partial charge in [-0.15, -0.1) is 13.2 Å². The number of carbonyl (C=O) groups is 1. The highest BCUT2D eigenvalue weighted by molar-refractivity contribution is 5.96. The number of hydrogen-bond donors (Lipinski definition) is 2. The van der Waals surface area contributed by atoms with E-state index in [2.05, 4.69) is 15.4 Å². The molecule has 1 unspecified atom stereocenters. The van der Waals surface area contributed by atoms with Crippen molar-refractivity contribution in [3.8, 4) is 5.75 Å². The average molecular weight is 342 g/mol. The van der Waals surface area contributed by atoms with Gasteiger partial charge in [-0.2, -0.15) is 0 Å². The Kier molecular flexibility index (Phi) is 5.28. The fraction of sp³-hybridized carbons (Fsp3) is 0.188. The molecule has 0 fully saturated rings. The van der Waals surface area contributed by atoms with Crippen LogP contribution in [0.15, 0.2) is 48.5 Å². The lowest BCUT2D eigenvalue weighted by atomic mass is 10.2. The van der Waals surface area contributed by atoms with Gasteiger partial charge in [-0.1, -0.05) is 6.07 Å². The fourth-order valence-electron chi connectivity index (χ4n) is 1.89. The summed E-state index contributed by atoms with van der Waals surface area (Å²) in [5.74, 6) is -1.25. The first-order valence-corrected chi connectivity index (χ1v) is 6.92. The number of amides is 1. The van der Waals surface area contributed by atoms with Crippen LogP contribution in [-0.4, -0.2) is 18.3 Å². The molecule has 0 aliphatic heterocycles. The lowest BCUT2D eigenvalue weighted by molar-refractivity contribution is -0.274. The highest BCUT2D eigenvalue weighted by Crippen LogP contribution is 2.24. The highest BCUT2D eigenvalue weighted by atomic mass is 19.4. The first kappa shape index (κ1) is 17.6. The second-order valence-corrected chi connectivity index (χ2v) is 4.94. The standard InChI is InChI=1S/C16H14F4N2O2/c1-10(15(23)22-13-4-2-3-11(17)9-13)21-12-5-7-14(8-6-12)24-16(18,19)20/h2-10,21H,1H3,(H,22,23). The summed E-state index contributed by atoms with van der Waals surface area (Å²) in [5, 5.41) is 5.35. The molecule has 0 heterocycles. The van der Waals surface area contributed by atoms with Crippen LogP contribution in [0.25, 0.3) is 0 Å². The molecular formula is C16H14F4N2O2. The lowest BCUT2D eigenvalue weighted by Crippen LogP contribution is -2.31. The Morgan fingerprint density at radius 3 is 2.33 bits per heavy atom. The molecule has 128 valence electrons. The number of alkyl halides is 3. The summed E-state index contributed by atoms with van der Waals surface area (Å²) in [6, 6.07) is 9.71. The van der Waals surface area contributed by atoms with Gasteiger partial charge < -0.3 is 15.4 Å². The van der Waals surface area contributed by atoms with Crippen LogP contribution in [0.2, 0.25) is 0 Å². The van der Waals surface area contributed by atoms with E-state index in [0.717, 1.165) is 12.1 Å². The van der Waals surface area contributed by atoms with Crippen molar-refractivity contribution < 1.29 is 27.1 Å². The van der Waals surface area contributed by atoms with Crippen molar-refractivity contribution in [3.63, 3.8) is 0 Å². The molecule has 0 bridgehead atoms. The smallest absolute Gasteiger partial charge is 0.406 e. The van der Waals surface area contributed by atoms with Crippen LogP contribution in [0.5, 0.6) is 5.75 Å². The van der Waals surface area contributed by atoms with Gasteiger partial charge in [-0.05, 0) is 49.4 Å². The van der Waals surface area contributed by atoms with Gasteiger partial charge in [-0.25, -0.2) is 4.39 Å². The summed E-state index contributed by atoms with van der Waals surface area (Å²) >= 11 is 0. The third kappa shape index (κ3) is 5.45. The second-order valence-electron chi connectivity index (χ2n) is 4.94. The molecule has 0 saturated carbocycles. The van der Waals surface area contributed by atoms with E-state index in [4.69, 9.17) is 0 Å². The number of nitrogens with one attached hydrogen (secondary N) is 2. The van der Waals surface area contributed by atoms with Crippen molar-refractivity contribution >= 4 is 17.3 Å². The Morgan fingerprint density at radius 1 is 1.08 bits per heavy atom. The Bertz CT molecular complexity index is 702. The molecule has 1 atom stereocenters. The maximum Gasteiger partial charge on any atom is 0.573 e. The Labute approximate surface area is 135 Å². The topological polar surface area (TPSA) is 50.4 Å². The van der Waals surface area contributed by atoms with Crippen molar-refractivity contribution in [1.29, 1.82) is 0 Å². The number of hydrogen-bond acceptors (Lipinski definition) is 3. The van der Waals surface area contributed by atoms with Gasteiger partial charge >= 0.3 is 6.36 Å². The van der Waals surface area contributed by atoms with E-state index >= 15 is 0 Å². The van der Waals surface area contributed by atoms with Crippen LogP contribution in [0, 0.1) is 5.82 Å². The monoisotopic (exact) mass is 342 g/mol. The maximum atomic E-state index is 13.1. The summed E-state index contributed by atoms with van der Waals surface area (Å²) in [4.78, 5) is 12.0. The number of carbonyl (C=O) groups excluding carboxylic acids is 1. The van der Waals surface area contributed by atoms with Crippen molar-refractivity contribution in [2.75, 3.05) is 10.6 Å². The number of rotatable bonds is 5. The Hall–Kier alpha value is -2.77. The summed E-state index contributed by atoms with van der Waals surface area (Å²) in [5.41, 5.74) is 0.744. The third-order valence-corrected chi connectivity index (χ3v) is 2.96. The SMILES string of the molecule is CC(Nc1ccc(OC(F)(F)F)cc1)C(=O)Nc1cccc(F)c1. The maximum absolute atomic E-state index is 13.1. The predicted molar refractivity (Wildman–Crippen MR) is 81.2 cm³/mol. The normalized spacial score (nSPS) is 12.4. The molecule has 24 heavy (non-hydrogen) atoms. The summed E-state index contributed by atoms with van der Waals surface area (Å²) < 4.78 is 53.0. The van der Waals surface area contributed by atoms with E-state index in [-0.39, 0.29) is 5.75 Å². The van der Waals surface area contributed by atoms with Crippen molar-refractivity contribution in [3.05, 3.63) is 54.3 Å². The summed E-state index contributed by atoms with van der Waals surface area (Å²) in [7, 11) is 0. The molecule has 0 aliphatic rings. The number of ether oxygens (including phenoxy) is 1. The Morgan fingerprint density at radius 2 is 1.75 bits per heavy atom. The molecule has 1 amide bonds. The van der Waals surface area contributed by atoms with Crippen LogP contribution < -0.4 is 15.4 Å². The first-order chi connectivity index (χ1) is 11.2. The van der Waals surface area contributed by atoms with Gasteiger partial charge in [0.1, 0.15) is 17.6 Å². The molecule has 2 aromatic carbocycles. The minimum absolute atomic E-state index is 0.308. The van der Waals surface area contributed by atoms with E-state index in [1.807, 2.05) is 0 Å². The minimum Gasteiger partial charge on any atom is -0.406 e. The molecule has 4 nitrogen and oxygen atoms in total. The zero-order chi connectivity index (χ0) is 17.7. The third-order valence-electron chi connectivity index (χ3n) is 2.96. The van der Waals surface area contributed by atoms with Gasteiger partial charge in [0, 0.05) is 11.4 Å². The molecular weight excluding hydrogens is 328 g/mol. The van der Waals surface area contributed by atoms with E-state index < -0.39 is 24.1 Å². The number of anilines is 2. The van der Waals surface area contributed by atoms with Gasteiger partial charge in [-0.3, -0.25) is 4.79 Å². The number of benzene rings is 2. The van der Waals surface area contributed by atoms with Crippen LogP contribution in [0.1, 0.15) is 6.92 Å². The van der Waals surface area contributed by atoms with E-state index in [9.17, 15) is 22.4 Å². The van der Waals surface area contributed by atoms with E-state index in [0.29, 0.717) is 11.4 Å². The lowest BCUT2D eigenvalue weighted by Gasteiger charge is -2.16. The van der Waals surface area contributed by atoms with Gasteiger partial charge in [0.25, 0.3) is 0 Å². The predicted octanol–water partition coefficient (Wildman–Crippen LogP) is 4.16. The van der Waals surface area contributed by atoms with Crippen LogP contribution >= 0.6 is 0 Å². The van der Waals surface area contributed by atoms with Crippen molar-refractivity contribution in [2.24, 2.45) is 0 Å². The second kappa shape index (κ2) is 7.20. The molecule has 2 rings (SSSR count). The van der Waals surface area contributed by atoms with Gasteiger partial charge in [0.2, 0.25) is 5.91 Å². The first-order valence-electron chi connectivity index (χ1n) is 6.92. The van der Waals surface area contributed by atoms with E-state index in [1.165, 1.54) is 36.4 Å². The molecule has 0 aromatic heterocycles. The fourth-order valence-corrected chi connectivity index (χ4v) is 1.89. The summed E-state index contributed by atoms with van der Waals surface area (Å²) in [6.45, 7) is 1.56. The molecule has 8 heteroatoms. The highest BCUT2D eigenvalue weighted by Gasteiger charge is 2.30. The largest absolute Gasteiger partial charge is 0.573 e. The zero-order valence-corrected chi connectivity index (χ0v) is 12.5. The molecule has 2 aromatic rings. The average Bonchev–Trinajstić information content (AvgIpc) is 2.47. The van der Waals surface area contributed by atoms with Gasteiger partial charge in [0.15, 0.2) is 0 Å². The molecule has 2 N–H and O–H groups in total. The summed E-state index contributed by atoms with van der Waals surface area (Å²) in [6.07, 6.45) is -4.76.